The van der Waals surface area contributed by atoms with E-state index in [0.29, 0.717) is 5.69 Å². The second-order valence-corrected chi connectivity index (χ2v) is 2.48. The number of hydrogen-bond acceptors (Lipinski definition) is 2. The number of benzene rings is 1. The summed E-state index contributed by atoms with van der Waals surface area (Å²) in [5.41, 5.74) is -0.298. The van der Waals surface area contributed by atoms with E-state index >= 15 is 0 Å². The highest BCUT2D eigenvalue weighted by Crippen LogP contribution is 2.30. The minimum atomic E-state index is -4.30. The Balaban J connectivity index is 2.95. The van der Waals surface area contributed by atoms with Gasteiger partial charge < -0.3 is 0 Å². The van der Waals surface area contributed by atoms with Gasteiger partial charge in [0.1, 0.15) is 0 Å². The maximum Gasteiger partial charge on any atom is 0.416 e. The van der Waals surface area contributed by atoms with Crippen LogP contribution in [0, 0.1) is 0 Å². The molecule has 0 aromatic heterocycles. The third-order valence-corrected chi connectivity index (χ3v) is 1.47. The molecule has 0 heterocycles. The van der Waals surface area contributed by atoms with Crippen LogP contribution in [0.2, 0.25) is 0 Å². The fourth-order valence-corrected chi connectivity index (χ4v) is 0.833. The van der Waals surface area contributed by atoms with Crippen molar-refractivity contribution in [1.82, 2.24) is 0 Å². The highest BCUT2D eigenvalue weighted by molar-refractivity contribution is 5.52. The molecule has 0 fully saturated rings. The van der Waals surface area contributed by atoms with Gasteiger partial charge in [-0.3, -0.25) is 0 Å². The molecule has 5 heteroatoms. The molecule has 0 N–H and O–H groups in total. The Morgan fingerprint density at radius 1 is 1.14 bits per heavy atom. The van der Waals surface area contributed by atoms with Crippen molar-refractivity contribution < 1.29 is 13.2 Å². The molecule has 0 unspecified atom stereocenters. The first-order chi connectivity index (χ1) is 6.54. The average Bonchev–Trinajstić information content (AvgIpc) is 2.14. The Labute approximate surface area is 78.8 Å². The molecule has 0 aliphatic carbocycles. The quantitative estimate of drug-likeness (QED) is 0.622. The number of hydrogen-bond donors (Lipinski definition) is 0. The molecule has 0 spiro atoms. The van der Waals surface area contributed by atoms with Gasteiger partial charge in [-0.25, -0.2) is 4.99 Å². The smallest absolute Gasteiger partial charge is 0.229 e. The van der Waals surface area contributed by atoms with E-state index in [1.807, 2.05) is 0 Å². The van der Waals surface area contributed by atoms with Crippen LogP contribution in [0.15, 0.2) is 34.3 Å². The van der Waals surface area contributed by atoms with Gasteiger partial charge in [0, 0.05) is 7.05 Å². The van der Waals surface area contributed by atoms with E-state index in [0.717, 1.165) is 12.1 Å². The number of rotatable bonds is 1. The zero-order valence-corrected chi connectivity index (χ0v) is 7.34. The summed E-state index contributed by atoms with van der Waals surface area (Å²) in [5, 5.41) is 0. The number of halogens is 3. The monoisotopic (exact) mass is 200 g/mol. The summed E-state index contributed by atoms with van der Waals surface area (Å²) < 4.78 is 36.3. The van der Waals surface area contributed by atoms with E-state index < -0.39 is 11.7 Å². The number of aliphatic imine (C=N–C) groups is 2. The molecule has 2 nitrogen and oxygen atoms in total. The Kier molecular flexibility index (Phi) is 3.04. The molecule has 0 amide bonds. The molecule has 74 valence electrons. The van der Waals surface area contributed by atoms with Crippen LogP contribution >= 0.6 is 0 Å². The molecule has 0 saturated heterocycles. The molecule has 1 aromatic rings. The van der Waals surface area contributed by atoms with Crippen LogP contribution in [-0.2, 0) is 6.18 Å². The van der Waals surface area contributed by atoms with Crippen LogP contribution in [0.3, 0.4) is 0 Å². The van der Waals surface area contributed by atoms with Gasteiger partial charge in [-0.1, -0.05) is 0 Å². The molecule has 1 rings (SSSR count). The van der Waals surface area contributed by atoms with Crippen LogP contribution in [0.5, 0.6) is 0 Å². The predicted octanol–water partition coefficient (Wildman–Crippen LogP) is 3.14. The van der Waals surface area contributed by atoms with Crippen molar-refractivity contribution in [1.29, 1.82) is 0 Å². The summed E-state index contributed by atoms with van der Waals surface area (Å²) in [6, 6.07) is 6.76. The first-order valence-electron chi connectivity index (χ1n) is 3.76. The van der Waals surface area contributed by atoms with Gasteiger partial charge in [-0.05, 0) is 24.3 Å². The first kappa shape index (κ1) is 10.5. The van der Waals surface area contributed by atoms with E-state index in [1.54, 1.807) is 0 Å². The predicted molar refractivity (Wildman–Crippen MR) is 46.9 cm³/mol. The molecule has 0 aliphatic rings. The standard InChI is InChI=1S/C9H7F3N2/c1-13-6-14-8-4-2-7(3-5-8)9(10,11)12/h2-5H,1H3. The lowest BCUT2D eigenvalue weighted by molar-refractivity contribution is -0.137. The molecular formula is C9H7F3N2. The van der Waals surface area contributed by atoms with E-state index in [1.165, 1.54) is 19.2 Å². The van der Waals surface area contributed by atoms with Crippen molar-refractivity contribution in [2.75, 3.05) is 7.05 Å². The summed E-state index contributed by atoms with van der Waals surface area (Å²) in [7, 11) is 1.48. The highest BCUT2D eigenvalue weighted by atomic mass is 19.4. The van der Waals surface area contributed by atoms with Gasteiger partial charge in [0.2, 0.25) is 0 Å². The van der Waals surface area contributed by atoms with Gasteiger partial charge in [-0.2, -0.15) is 18.2 Å². The highest BCUT2D eigenvalue weighted by Gasteiger charge is 2.29. The lowest BCUT2D eigenvalue weighted by atomic mass is 10.2. The van der Waals surface area contributed by atoms with Gasteiger partial charge >= 0.3 is 6.18 Å². The first-order valence-corrected chi connectivity index (χ1v) is 3.76. The van der Waals surface area contributed by atoms with E-state index in [4.69, 9.17) is 0 Å². The van der Waals surface area contributed by atoms with Crippen molar-refractivity contribution in [3.63, 3.8) is 0 Å². The fraction of sp³-hybridized carbons (Fsp3) is 0.222. The summed E-state index contributed by atoms with van der Waals surface area (Å²) >= 11 is 0. The van der Waals surface area contributed by atoms with Gasteiger partial charge in [0.15, 0.2) is 0 Å². The fourth-order valence-electron chi connectivity index (χ4n) is 0.833. The van der Waals surface area contributed by atoms with E-state index in [9.17, 15) is 13.2 Å². The summed E-state index contributed by atoms with van der Waals surface area (Å²) in [4.78, 5) is 7.13. The zero-order chi connectivity index (χ0) is 10.6. The van der Waals surface area contributed by atoms with Crippen molar-refractivity contribution in [3.8, 4) is 0 Å². The molecular weight excluding hydrogens is 193 g/mol. The molecule has 0 saturated carbocycles. The third kappa shape index (κ3) is 2.71. The summed E-state index contributed by atoms with van der Waals surface area (Å²) in [5.74, 6) is 0. The Bertz CT molecular complexity index is 359. The number of alkyl halides is 3. The Morgan fingerprint density at radius 2 is 1.71 bits per heavy atom. The molecule has 0 bridgehead atoms. The Morgan fingerprint density at radius 3 is 2.14 bits per heavy atom. The summed E-state index contributed by atoms with van der Waals surface area (Å²) in [6.07, 6.45) is -4.30. The second kappa shape index (κ2) is 4.07. The lowest BCUT2D eigenvalue weighted by Crippen LogP contribution is -2.03. The molecule has 14 heavy (non-hydrogen) atoms. The molecule has 0 atom stereocenters. The van der Waals surface area contributed by atoms with E-state index in [-0.39, 0.29) is 0 Å². The Hall–Kier alpha value is -1.61. The SMILES string of the molecule is CN=C=Nc1ccc(C(F)(F)F)cc1. The minimum absolute atomic E-state index is 0.392. The maximum absolute atomic E-state index is 12.1. The van der Waals surface area contributed by atoms with E-state index in [2.05, 4.69) is 16.0 Å². The van der Waals surface area contributed by atoms with Crippen LogP contribution in [0.1, 0.15) is 5.56 Å². The van der Waals surface area contributed by atoms with Crippen LogP contribution in [0.25, 0.3) is 0 Å². The van der Waals surface area contributed by atoms with Gasteiger partial charge in [-0.15, -0.1) is 0 Å². The van der Waals surface area contributed by atoms with Gasteiger partial charge in [0.25, 0.3) is 0 Å². The van der Waals surface area contributed by atoms with Gasteiger partial charge in [0.05, 0.1) is 17.3 Å². The average molecular weight is 200 g/mol. The topological polar surface area (TPSA) is 24.7 Å². The second-order valence-electron chi connectivity index (χ2n) is 2.48. The van der Waals surface area contributed by atoms with Crippen LogP contribution < -0.4 is 0 Å². The summed E-state index contributed by atoms with van der Waals surface area (Å²) in [6.45, 7) is 0. The largest absolute Gasteiger partial charge is 0.416 e. The maximum atomic E-state index is 12.1. The van der Waals surface area contributed by atoms with Crippen molar-refractivity contribution in [2.45, 2.75) is 6.18 Å². The number of nitrogens with zero attached hydrogens (tertiary/aromatic N) is 2. The minimum Gasteiger partial charge on any atom is -0.229 e. The zero-order valence-electron chi connectivity index (χ0n) is 7.34. The van der Waals surface area contributed by atoms with Crippen LogP contribution in [0.4, 0.5) is 18.9 Å². The van der Waals surface area contributed by atoms with Crippen LogP contribution in [-0.4, -0.2) is 13.1 Å². The van der Waals surface area contributed by atoms with Crippen molar-refractivity contribution in [2.24, 2.45) is 9.98 Å². The van der Waals surface area contributed by atoms with Crippen molar-refractivity contribution in [3.05, 3.63) is 29.8 Å². The molecule has 1 aromatic carbocycles. The van der Waals surface area contributed by atoms with Crippen molar-refractivity contribution >= 4 is 11.7 Å². The normalized spacial score (nSPS) is 10.6. The molecule has 0 radical (unpaired) electrons. The third-order valence-electron chi connectivity index (χ3n) is 1.47. The molecule has 0 aliphatic heterocycles. The lowest BCUT2D eigenvalue weighted by Gasteiger charge is -2.05.